The molecule has 94 valence electrons. The van der Waals surface area contributed by atoms with Crippen LogP contribution in [0, 0.1) is 0 Å². The Morgan fingerprint density at radius 3 is 2.41 bits per heavy atom. The predicted octanol–water partition coefficient (Wildman–Crippen LogP) is 0.0804. The summed E-state index contributed by atoms with van der Waals surface area (Å²) in [5.41, 5.74) is 0. The summed E-state index contributed by atoms with van der Waals surface area (Å²) in [7, 11) is -3.20. The molecule has 2 saturated heterocycles. The first-order valence-corrected chi connectivity index (χ1v) is 7.32. The molecule has 1 aromatic heterocycles. The molecule has 0 bridgehead atoms. The van der Waals surface area contributed by atoms with Crippen molar-refractivity contribution in [3.05, 3.63) is 18.5 Å². The van der Waals surface area contributed by atoms with E-state index in [-0.39, 0.29) is 6.04 Å². The van der Waals surface area contributed by atoms with Crippen LogP contribution in [0.4, 0.5) is 0 Å². The molecule has 0 unspecified atom stereocenters. The highest BCUT2D eigenvalue weighted by molar-refractivity contribution is 7.86. The maximum atomic E-state index is 12.2. The van der Waals surface area contributed by atoms with Crippen molar-refractivity contribution < 1.29 is 8.42 Å². The molecule has 2 fully saturated rings. The van der Waals surface area contributed by atoms with E-state index in [1.807, 2.05) is 16.9 Å². The van der Waals surface area contributed by atoms with Crippen molar-refractivity contribution in [1.29, 1.82) is 0 Å². The Kier molecular flexibility index (Phi) is 2.68. The van der Waals surface area contributed by atoms with Crippen molar-refractivity contribution in [2.45, 2.75) is 18.9 Å². The van der Waals surface area contributed by atoms with Crippen molar-refractivity contribution in [3.63, 3.8) is 0 Å². The first-order valence-electron chi connectivity index (χ1n) is 5.92. The predicted molar refractivity (Wildman–Crippen MR) is 62.6 cm³/mol. The van der Waals surface area contributed by atoms with Gasteiger partial charge < -0.3 is 0 Å². The van der Waals surface area contributed by atoms with Gasteiger partial charge in [-0.2, -0.15) is 22.1 Å². The van der Waals surface area contributed by atoms with Gasteiger partial charge in [0.05, 0.1) is 6.04 Å². The summed E-state index contributed by atoms with van der Waals surface area (Å²) in [6.45, 7) is 2.43. The maximum Gasteiger partial charge on any atom is 0.282 e. The summed E-state index contributed by atoms with van der Waals surface area (Å²) in [5.74, 6) is 0. The van der Waals surface area contributed by atoms with Gasteiger partial charge in [0, 0.05) is 38.6 Å². The van der Waals surface area contributed by atoms with E-state index < -0.39 is 10.2 Å². The van der Waals surface area contributed by atoms with Gasteiger partial charge in [0.1, 0.15) is 0 Å². The standard InChI is InChI=1S/C10H16N4O2S/c15-17(16,12-5-1-2-6-12)13-8-10(9-13)14-7-3-4-11-14/h3-4,7,10H,1-2,5-6,8-9H2. The van der Waals surface area contributed by atoms with Gasteiger partial charge in [0.25, 0.3) is 10.2 Å². The lowest BCUT2D eigenvalue weighted by Gasteiger charge is -2.39. The highest BCUT2D eigenvalue weighted by Gasteiger charge is 2.40. The molecule has 3 heterocycles. The number of rotatable bonds is 3. The maximum absolute atomic E-state index is 12.2. The lowest BCUT2D eigenvalue weighted by molar-refractivity contribution is 0.180. The van der Waals surface area contributed by atoms with Gasteiger partial charge in [0.15, 0.2) is 0 Å². The van der Waals surface area contributed by atoms with Crippen LogP contribution < -0.4 is 0 Å². The second-order valence-corrected chi connectivity index (χ2v) is 6.50. The SMILES string of the molecule is O=S(=O)(N1CCCC1)N1CC(n2cccn2)C1. The third-order valence-electron chi connectivity index (χ3n) is 3.45. The van der Waals surface area contributed by atoms with Crippen LogP contribution in [0.25, 0.3) is 0 Å². The lowest BCUT2D eigenvalue weighted by Crippen LogP contribution is -2.55. The Balaban J connectivity index is 1.65. The van der Waals surface area contributed by atoms with Crippen molar-refractivity contribution in [2.75, 3.05) is 26.2 Å². The van der Waals surface area contributed by atoms with Crippen LogP contribution in [0.15, 0.2) is 18.5 Å². The Bertz CT molecular complexity index is 472. The summed E-state index contributed by atoms with van der Waals surface area (Å²) in [6, 6.07) is 2.06. The summed E-state index contributed by atoms with van der Waals surface area (Å²) in [5, 5.41) is 4.13. The quantitative estimate of drug-likeness (QED) is 0.769. The molecule has 3 rings (SSSR count). The molecule has 7 heteroatoms. The monoisotopic (exact) mass is 256 g/mol. The molecule has 1 aromatic rings. The van der Waals surface area contributed by atoms with E-state index in [0.29, 0.717) is 26.2 Å². The van der Waals surface area contributed by atoms with Gasteiger partial charge in [-0.3, -0.25) is 4.68 Å². The smallest absolute Gasteiger partial charge is 0.267 e. The molecule has 0 radical (unpaired) electrons. The molecule has 0 spiro atoms. The minimum atomic E-state index is -3.20. The van der Waals surface area contributed by atoms with Crippen molar-refractivity contribution in [1.82, 2.24) is 18.4 Å². The third-order valence-corrected chi connectivity index (χ3v) is 5.41. The Labute approximate surface area is 101 Å². The summed E-state index contributed by atoms with van der Waals surface area (Å²) < 4.78 is 29.3. The van der Waals surface area contributed by atoms with Crippen LogP contribution >= 0.6 is 0 Å². The average Bonchev–Trinajstić information content (AvgIpc) is 2.87. The van der Waals surface area contributed by atoms with Gasteiger partial charge in [-0.15, -0.1) is 0 Å². The molecule has 2 aliphatic heterocycles. The van der Waals surface area contributed by atoms with Crippen LogP contribution in [-0.2, 0) is 10.2 Å². The fourth-order valence-electron chi connectivity index (χ4n) is 2.35. The summed E-state index contributed by atoms with van der Waals surface area (Å²) in [6.07, 6.45) is 5.56. The minimum absolute atomic E-state index is 0.197. The Morgan fingerprint density at radius 2 is 1.82 bits per heavy atom. The van der Waals surface area contributed by atoms with Crippen LogP contribution in [0.3, 0.4) is 0 Å². The fourth-order valence-corrected chi connectivity index (χ4v) is 4.12. The normalized spacial score (nSPS) is 24.0. The molecule has 0 atom stereocenters. The average molecular weight is 256 g/mol. The van der Waals surface area contributed by atoms with Crippen molar-refractivity contribution >= 4 is 10.2 Å². The highest BCUT2D eigenvalue weighted by atomic mass is 32.2. The van der Waals surface area contributed by atoms with E-state index in [2.05, 4.69) is 5.10 Å². The summed E-state index contributed by atoms with van der Waals surface area (Å²) >= 11 is 0. The zero-order chi connectivity index (χ0) is 11.9. The first kappa shape index (κ1) is 11.2. The largest absolute Gasteiger partial charge is 0.282 e. The van der Waals surface area contributed by atoms with Crippen LogP contribution in [0.5, 0.6) is 0 Å². The molecule has 6 nitrogen and oxygen atoms in total. The molecular weight excluding hydrogens is 240 g/mol. The van der Waals surface area contributed by atoms with E-state index in [4.69, 9.17) is 0 Å². The van der Waals surface area contributed by atoms with Crippen LogP contribution in [-0.4, -0.2) is 53.0 Å². The van der Waals surface area contributed by atoms with Gasteiger partial charge in [0.2, 0.25) is 0 Å². The molecule has 0 aliphatic carbocycles. The number of aromatic nitrogens is 2. The zero-order valence-electron chi connectivity index (χ0n) is 9.57. The number of hydrogen-bond acceptors (Lipinski definition) is 3. The topological polar surface area (TPSA) is 58.4 Å². The Hall–Kier alpha value is -0.920. The van der Waals surface area contributed by atoms with E-state index in [1.54, 1.807) is 14.8 Å². The van der Waals surface area contributed by atoms with Crippen molar-refractivity contribution in [3.8, 4) is 0 Å². The molecular formula is C10H16N4O2S. The van der Waals surface area contributed by atoms with Crippen molar-refractivity contribution in [2.24, 2.45) is 0 Å². The number of nitrogens with zero attached hydrogens (tertiary/aromatic N) is 4. The summed E-state index contributed by atoms with van der Waals surface area (Å²) in [4.78, 5) is 0. The van der Waals surface area contributed by atoms with E-state index in [1.165, 1.54) is 0 Å². The fraction of sp³-hybridized carbons (Fsp3) is 0.700. The molecule has 17 heavy (non-hydrogen) atoms. The second-order valence-electron chi connectivity index (χ2n) is 4.57. The van der Waals surface area contributed by atoms with Gasteiger partial charge in [-0.25, -0.2) is 0 Å². The molecule has 0 N–H and O–H groups in total. The van der Waals surface area contributed by atoms with E-state index >= 15 is 0 Å². The second kappa shape index (κ2) is 4.08. The van der Waals surface area contributed by atoms with Gasteiger partial charge in [-0.05, 0) is 18.9 Å². The zero-order valence-corrected chi connectivity index (χ0v) is 10.4. The van der Waals surface area contributed by atoms with Crippen LogP contribution in [0.1, 0.15) is 18.9 Å². The third kappa shape index (κ3) is 1.88. The molecule has 0 amide bonds. The molecule has 0 saturated carbocycles. The number of hydrogen-bond donors (Lipinski definition) is 0. The van der Waals surface area contributed by atoms with Gasteiger partial charge >= 0.3 is 0 Å². The molecule has 2 aliphatic rings. The van der Waals surface area contributed by atoms with Crippen LogP contribution in [0.2, 0.25) is 0 Å². The minimum Gasteiger partial charge on any atom is -0.267 e. The Morgan fingerprint density at radius 1 is 1.12 bits per heavy atom. The molecule has 0 aromatic carbocycles. The van der Waals surface area contributed by atoms with E-state index in [0.717, 1.165) is 12.8 Å². The first-order chi connectivity index (χ1) is 8.18. The highest BCUT2D eigenvalue weighted by Crippen LogP contribution is 2.27. The lowest BCUT2D eigenvalue weighted by atomic mass is 10.2. The van der Waals surface area contributed by atoms with E-state index in [9.17, 15) is 8.42 Å². The van der Waals surface area contributed by atoms with Gasteiger partial charge in [-0.1, -0.05) is 0 Å².